The fourth-order valence-corrected chi connectivity index (χ4v) is 7.78. The van der Waals surface area contributed by atoms with Crippen LogP contribution in [0.2, 0.25) is 0 Å². The van der Waals surface area contributed by atoms with Gasteiger partial charge in [0.05, 0.1) is 5.92 Å². The van der Waals surface area contributed by atoms with Crippen LogP contribution in [0, 0.1) is 28.6 Å². The van der Waals surface area contributed by atoms with Crippen LogP contribution in [-0.4, -0.2) is 45.4 Å². The number of piperidine rings is 1. The number of anilines is 1. The lowest BCUT2D eigenvalue weighted by atomic mass is 9.66. The summed E-state index contributed by atoms with van der Waals surface area (Å²) in [4.78, 5) is 31.9. The summed E-state index contributed by atoms with van der Waals surface area (Å²) in [5.41, 5.74) is 1.31. The van der Waals surface area contributed by atoms with Gasteiger partial charge in [0, 0.05) is 25.7 Å². The second kappa shape index (κ2) is 7.71. The fraction of sp³-hybridized carbons (Fsp3) is 0.654. The highest BCUT2D eigenvalue weighted by atomic mass is 19.4. The number of hydrogen-bond acceptors (Lipinski definition) is 3. The number of carbonyl (C=O) groups is 2. The van der Waals surface area contributed by atoms with Crippen molar-refractivity contribution in [2.45, 2.75) is 64.5 Å². The van der Waals surface area contributed by atoms with E-state index < -0.39 is 12.1 Å². The summed E-state index contributed by atoms with van der Waals surface area (Å²) in [7, 11) is 0. The number of halogens is 3. The van der Waals surface area contributed by atoms with Gasteiger partial charge in [-0.25, -0.2) is 4.98 Å². The molecule has 9 heteroatoms. The van der Waals surface area contributed by atoms with Gasteiger partial charge in [-0.2, -0.15) is 13.2 Å². The number of likely N-dealkylation sites (tertiary alicyclic amines) is 1. The Bertz CT molecular complexity index is 1180. The first-order valence-corrected chi connectivity index (χ1v) is 12.7. The molecule has 1 N–H and O–H groups in total. The van der Waals surface area contributed by atoms with Gasteiger partial charge in [0.2, 0.25) is 5.91 Å². The molecule has 4 atom stereocenters. The Labute approximate surface area is 202 Å². The van der Waals surface area contributed by atoms with Crippen LogP contribution in [0.1, 0.15) is 68.8 Å². The molecule has 2 aromatic rings. The number of nitrogens with zero attached hydrogens (tertiary/aromatic N) is 3. The molecule has 3 saturated carbocycles. The normalized spacial score (nSPS) is 32.5. The molecule has 1 spiro atoms. The van der Waals surface area contributed by atoms with Crippen molar-refractivity contribution in [2.24, 2.45) is 28.6 Å². The number of pyridine rings is 1. The van der Waals surface area contributed by atoms with E-state index in [0.29, 0.717) is 29.2 Å². The molecule has 4 aliphatic rings. The minimum absolute atomic E-state index is 0.0150. The molecule has 3 heterocycles. The van der Waals surface area contributed by atoms with Crippen LogP contribution in [0.25, 0.3) is 5.65 Å². The number of nitrogens with one attached hydrogen (secondary N) is 1. The number of rotatable bonds is 4. The van der Waals surface area contributed by atoms with E-state index in [9.17, 15) is 22.8 Å². The third kappa shape index (κ3) is 4.00. The Morgan fingerprint density at radius 1 is 1.14 bits per heavy atom. The zero-order valence-corrected chi connectivity index (χ0v) is 19.9. The van der Waals surface area contributed by atoms with Crippen molar-refractivity contribution in [1.29, 1.82) is 0 Å². The summed E-state index contributed by atoms with van der Waals surface area (Å²) in [6.45, 7) is 2.43. The fourth-order valence-electron chi connectivity index (χ4n) is 7.78. The average Bonchev–Trinajstić information content (AvgIpc) is 3.13. The number of fused-ring (bicyclic) bond motifs is 2. The topological polar surface area (TPSA) is 66.7 Å². The highest BCUT2D eigenvalue weighted by Crippen LogP contribution is 2.76. The summed E-state index contributed by atoms with van der Waals surface area (Å²) in [5.74, 6) is 0.258. The highest BCUT2D eigenvalue weighted by molar-refractivity contribution is 5.94. The van der Waals surface area contributed by atoms with E-state index in [1.165, 1.54) is 24.2 Å². The minimum atomic E-state index is -4.22. The summed E-state index contributed by atoms with van der Waals surface area (Å²) < 4.78 is 40.6. The van der Waals surface area contributed by atoms with E-state index in [1.54, 1.807) is 28.8 Å². The van der Waals surface area contributed by atoms with Crippen LogP contribution in [0.3, 0.4) is 0 Å². The van der Waals surface area contributed by atoms with Crippen molar-refractivity contribution in [3.63, 3.8) is 0 Å². The Hall–Kier alpha value is -2.58. The maximum absolute atomic E-state index is 13.1. The van der Waals surface area contributed by atoms with Crippen LogP contribution >= 0.6 is 0 Å². The van der Waals surface area contributed by atoms with Gasteiger partial charge in [0.25, 0.3) is 5.91 Å². The first-order valence-electron chi connectivity index (χ1n) is 12.7. The zero-order chi connectivity index (χ0) is 24.6. The molecule has 4 unspecified atom stereocenters. The van der Waals surface area contributed by atoms with Crippen molar-refractivity contribution in [3.8, 4) is 0 Å². The molecular weight excluding hydrogens is 457 g/mol. The lowest BCUT2D eigenvalue weighted by Crippen LogP contribution is -2.42. The van der Waals surface area contributed by atoms with Crippen LogP contribution in [0.15, 0.2) is 24.4 Å². The van der Waals surface area contributed by atoms with E-state index in [4.69, 9.17) is 0 Å². The van der Waals surface area contributed by atoms with E-state index in [1.807, 2.05) is 0 Å². The standard InChI is InChI=1S/C26H31F3N4O2/c1-16-9-24(11-18-12-25(18,10-16)15-24)13-22(34)31-21-4-2-3-20-30-19(14-33(20)21)23(35)32-7-5-17(6-8-32)26(27,28)29/h2-4,14,16-18H,5-13,15H2,1H3,(H,31,34). The highest BCUT2D eigenvalue weighted by Gasteiger charge is 2.67. The molecule has 4 fully saturated rings. The number of amides is 2. The number of imidazole rings is 1. The van der Waals surface area contributed by atoms with Gasteiger partial charge in [-0.3, -0.25) is 14.0 Å². The molecule has 35 heavy (non-hydrogen) atoms. The van der Waals surface area contributed by atoms with Crippen molar-refractivity contribution >= 4 is 23.3 Å². The average molecular weight is 489 g/mol. The largest absolute Gasteiger partial charge is 0.391 e. The van der Waals surface area contributed by atoms with Gasteiger partial charge in [-0.15, -0.1) is 0 Å². The van der Waals surface area contributed by atoms with E-state index >= 15 is 0 Å². The van der Waals surface area contributed by atoms with Gasteiger partial charge in [-0.1, -0.05) is 13.0 Å². The molecule has 1 saturated heterocycles. The smallest absolute Gasteiger partial charge is 0.337 e. The number of aromatic nitrogens is 2. The molecule has 1 aliphatic heterocycles. The lowest BCUT2D eigenvalue weighted by Gasteiger charge is -2.39. The Morgan fingerprint density at radius 3 is 2.66 bits per heavy atom. The van der Waals surface area contributed by atoms with Gasteiger partial charge >= 0.3 is 6.18 Å². The lowest BCUT2D eigenvalue weighted by molar-refractivity contribution is -0.183. The van der Waals surface area contributed by atoms with Crippen molar-refractivity contribution in [1.82, 2.24) is 14.3 Å². The summed E-state index contributed by atoms with van der Waals surface area (Å²) >= 11 is 0. The molecule has 0 radical (unpaired) electrons. The predicted octanol–water partition coefficient (Wildman–Crippen LogP) is 5.29. The van der Waals surface area contributed by atoms with Gasteiger partial charge in [0.15, 0.2) is 0 Å². The predicted molar refractivity (Wildman–Crippen MR) is 124 cm³/mol. The Kier molecular flexibility index (Phi) is 5.03. The third-order valence-corrected chi connectivity index (χ3v) is 9.06. The van der Waals surface area contributed by atoms with Gasteiger partial charge in [0.1, 0.15) is 17.2 Å². The molecule has 6 rings (SSSR count). The number of carbonyl (C=O) groups excluding carboxylic acids is 2. The van der Waals surface area contributed by atoms with Crippen LogP contribution < -0.4 is 5.32 Å². The number of alkyl halides is 3. The zero-order valence-electron chi connectivity index (χ0n) is 19.9. The van der Waals surface area contributed by atoms with Crippen LogP contribution in [-0.2, 0) is 4.79 Å². The molecule has 0 aromatic carbocycles. The quantitative estimate of drug-likeness (QED) is 0.636. The Morgan fingerprint density at radius 2 is 1.91 bits per heavy atom. The summed E-state index contributed by atoms with van der Waals surface area (Å²) in [5, 5.41) is 3.04. The first kappa shape index (κ1) is 22.9. The molecule has 3 aliphatic carbocycles. The summed E-state index contributed by atoms with van der Waals surface area (Å²) in [6.07, 6.45) is 3.76. The van der Waals surface area contributed by atoms with Crippen LogP contribution in [0.5, 0.6) is 0 Å². The van der Waals surface area contributed by atoms with Crippen molar-refractivity contribution in [3.05, 3.63) is 30.1 Å². The molecule has 2 amide bonds. The van der Waals surface area contributed by atoms with Crippen molar-refractivity contribution < 1.29 is 22.8 Å². The second-order valence-electron chi connectivity index (χ2n) is 11.8. The SMILES string of the molecule is CC1CC2(CC(=O)Nc3cccc4nc(C(=O)N5CCC(C(F)(F)F)CC5)cn34)CC3CC3(C1)C2. The molecule has 2 bridgehead atoms. The van der Waals surface area contributed by atoms with Crippen molar-refractivity contribution in [2.75, 3.05) is 18.4 Å². The maximum Gasteiger partial charge on any atom is 0.391 e. The molecule has 188 valence electrons. The molecule has 2 aromatic heterocycles. The minimum Gasteiger partial charge on any atom is -0.337 e. The van der Waals surface area contributed by atoms with Crippen LogP contribution in [0.4, 0.5) is 19.0 Å². The molecular formula is C26H31F3N4O2. The second-order valence-corrected chi connectivity index (χ2v) is 11.8. The van der Waals surface area contributed by atoms with E-state index in [-0.39, 0.29) is 48.9 Å². The first-order chi connectivity index (χ1) is 16.6. The van der Waals surface area contributed by atoms with E-state index in [2.05, 4.69) is 17.2 Å². The van der Waals surface area contributed by atoms with Gasteiger partial charge in [-0.05, 0) is 79.7 Å². The van der Waals surface area contributed by atoms with Gasteiger partial charge < -0.3 is 10.2 Å². The third-order valence-electron chi connectivity index (χ3n) is 9.06. The summed E-state index contributed by atoms with van der Waals surface area (Å²) in [6, 6.07) is 5.31. The maximum atomic E-state index is 13.1. The molecule has 6 nitrogen and oxygen atoms in total. The number of hydrogen-bond donors (Lipinski definition) is 1. The van der Waals surface area contributed by atoms with E-state index in [0.717, 1.165) is 18.8 Å². The Balaban J connectivity index is 1.15. The monoisotopic (exact) mass is 488 g/mol.